The van der Waals surface area contributed by atoms with Crippen LogP contribution in [0.15, 0.2) is 24.3 Å². The number of carbonyl (C=O) groups excluding carboxylic acids is 1. The lowest BCUT2D eigenvalue weighted by Crippen LogP contribution is -2.46. The van der Waals surface area contributed by atoms with Gasteiger partial charge in [-0.05, 0) is 44.5 Å². The van der Waals surface area contributed by atoms with Gasteiger partial charge in [0.15, 0.2) is 11.6 Å². The maximum Gasteiger partial charge on any atom is 0.249 e. The van der Waals surface area contributed by atoms with Crippen molar-refractivity contribution in [3.8, 4) is 6.07 Å². The number of likely N-dealkylation sites (N-methyl/N-ethyl adjacent to an activating group) is 1. The summed E-state index contributed by atoms with van der Waals surface area (Å²) in [7, 11) is 0. The van der Waals surface area contributed by atoms with Crippen molar-refractivity contribution in [1.29, 1.82) is 5.26 Å². The van der Waals surface area contributed by atoms with Crippen LogP contribution in [0.2, 0.25) is 0 Å². The van der Waals surface area contributed by atoms with Crippen LogP contribution in [-0.4, -0.2) is 36.2 Å². The Bertz CT molecular complexity index is 989. The minimum Gasteiger partial charge on any atom is -0.340 e. The Balaban J connectivity index is 2.01. The minimum absolute atomic E-state index is 0.0709. The molecule has 1 aliphatic rings. The molecule has 2 atom stereocenters. The number of anilines is 2. The Kier molecular flexibility index (Phi) is 5.78. The molecule has 1 saturated heterocycles. The normalized spacial score (nSPS) is 18.6. The monoisotopic (exact) mass is 402 g/mol. The summed E-state index contributed by atoms with van der Waals surface area (Å²) in [6.45, 7) is 5.33. The Labute approximate surface area is 167 Å². The van der Waals surface area contributed by atoms with E-state index in [1.807, 2.05) is 0 Å². The quantitative estimate of drug-likeness (QED) is 0.780. The maximum atomic E-state index is 14.4. The molecule has 0 saturated carbocycles. The fourth-order valence-electron chi connectivity index (χ4n) is 3.71. The predicted octanol–water partition coefficient (Wildman–Crippen LogP) is 3.82. The molecule has 0 unspecified atom stereocenters. The molecule has 29 heavy (non-hydrogen) atoms. The molecule has 0 spiro atoms. The van der Waals surface area contributed by atoms with Gasteiger partial charge in [0.05, 0.1) is 12.1 Å². The molecule has 0 N–H and O–H groups in total. The zero-order chi connectivity index (χ0) is 21.3. The number of hydrogen-bond acceptors (Lipinski definition) is 4. The van der Waals surface area contributed by atoms with Crippen LogP contribution >= 0.6 is 0 Å². The largest absolute Gasteiger partial charge is 0.340 e. The van der Waals surface area contributed by atoms with Crippen molar-refractivity contribution in [2.45, 2.75) is 39.4 Å². The van der Waals surface area contributed by atoms with Crippen LogP contribution in [0.3, 0.4) is 0 Å². The van der Waals surface area contributed by atoms with Gasteiger partial charge in [-0.2, -0.15) is 5.26 Å². The highest BCUT2D eigenvalue weighted by molar-refractivity contribution is 5.99. The highest BCUT2D eigenvalue weighted by Crippen LogP contribution is 2.32. The number of benzene rings is 1. The highest BCUT2D eigenvalue weighted by atomic mass is 19.2. The number of nitriles is 1. The van der Waals surface area contributed by atoms with E-state index in [0.717, 1.165) is 12.1 Å². The van der Waals surface area contributed by atoms with Crippen molar-refractivity contribution < 1.29 is 18.0 Å². The van der Waals surface area contributed by atoms with Crippen molar-refractivity contribution in [3.63, 3.8) is 0 Å². The van der Waals surface area contributed by atoms with E-state index in [2.05, 4.69) is 11.1 Å². The predicted molar refractivity (Wildman–Crippen MR) is 103 cm³/mol. The molecule has 8 heteroatoms. The van der Waals surface area contributed by atoms with Gasteiger partial charge < -0.3 is 9.80 Å². The lowest BCUT2D eigenvalue weighted by Gasteiger charge is -2.31. The smallest absolute Gasteiger partial charge is 0.249 e. The van der Waals surface area contributed by atoms with E-state index >= 15 is 0 Å². The second-order valence-corrected chi connectivity index (χ2v) is 7.07. The molecule has 5 nitrogen and oxygen atoms in total. The van der Waals surface area contributed by atoms with Gasteiger partial charge in [-0.25, -0.2) is 18.2 Å². The second kappa shape index (κ2) is 8.11. The first kappa shape index (κ1) is 20.6. The first-order valence-electron chi connectivity index (χ1n) is 9.32. The molecule has 1 aromatic carbocycles. The number of pyridine rings is 1. The second-order valence-electron chi connectivity index (χ2n) is 7.07. The van der Waals surface area contributed by atoms with Crippen molar-refractivity contribution in [1.82, 2.24) is 4.98 Å². The van der Waals surface area contributed by atoms with Crippen LogP contribution in [0.1, 0.15) is 30.2 Å². The van der Waals surface area contributed by atoms with Crippen molar-refractivity contribution in [2.24, 2.45) is 0 Å². The van der Waals surface area contributed by atoms with Crippen molar-refractivity contribution in [2.75, 3.05) is 22.9 Å². The van der Waals surface area contributed by atoms with Gasteiger partial charge in [-0.15, -0.1) is 0 Å². The van der Waals surface area contributed by atoms with Crippen molar-refractivity contribution >= 4 is 17.4 Å². The molecule has 3 rings (SSSR count). The molecule has 1 amide bonds. The van der Waals surface area contributed by atoms with E-state index in [9.17, 15) is 23.2 Å². The van der Waals surface area contributed by atoms with E-state index in [0.29, 0.717) is 16.8 Å². The van der Waals surface area contributed by atoms with Crippen LogP contribution in [-0.2, 0) is 4.79 Å². The number of halogens is 3. The summed E-state index contributed by atoms with van der Waals surface area (Å²) in [6, 6.07) is 6.13. The summed E-state index contributed by atoms with van der Waals surface area (Å²) in [5.74, 6) is -2.27. The van der Waals surface area contributed by atoms with E-state index < -0.39 is 29.8 Å². The SMILES string of the molecule is CCN(C(=O)[C@@H]1C[C@H](F)CN1c1nc(C)cc(C)c1C#N)c1ccc(F)c(F)c1. The fourth-order valence-corrected chi connectivity index (χ4v) is 3.71. The van der Waals surface area contributed by atoms with Crippen LogP contribution in [0.25, 0.3) is 0 Å². The minimum atomic E-state index is -1.28. The van der Waals surface area contributed by atoms with E-state index in [-0.39, 0.29) is 31.0 Å². The third kappa shape index (κ3) is 3.90. The summed E-state index contributed by atoms with van der Waals surface area (Å²) >= 11 is 0. The number of carbonyl (C=O) groups is 1. The fraction of sp³-hybridized carbons (Fsp3) is 0.381. The highest BCUT2D eigenvalue weighted by Gasteiger charge is 2.41. The standard InChI is InChI=1S/C21H21F3N4O/c1-4-27(15-5-6-17(23)18(24)9-15)21(29)19-8-14(22)11-28(19)20-16(10-25)12(2)7-13(3)26-20/h5-7,9,14,19H,4,8,11H2,1-3H3/t14-,19-/m0/s1. The average Bonchev–Trinajstić information content (AvgIpc) is 3.06. The number of nitrogens with zero attached hydrogens (tertiary/aromatic N) is 4. The molecular formula is C21H21F3N4O. The van der Waals surface area contributed by atoms with Crippen LogP contribution in [0, 0.1) is 36.8 Å². The van der Waals surface area contributed by atoms with Crippen LogP contribution < -0.4 is 9.80 Å². The lowest BCUT2D eigenvalue weighted by molar-refractivity contribution is -0.119. The van der Waals surface area contributed by atoms with Gasteiger partial charge in [-0.3, -0.25) is 4.79 Å². The molecule has 2 heterocycles. The Morgan fingerprint density at radius 3 is 2.66 bits per heavy atom. The Morgan fingerprint density at radius 2 is 2.03 bits per heavy atom. The molecule has 0 bridgehead atoms. The lowest BCUT2D eigenvalue weighted by atomic mass is 10.1. The number of rotatable bonds is 4. The molecule has 2 aromatic rings. The van der Waals surface area contributed by atoms with Crippen LogP contribution in [0.5, 0.6) is 0 Å². The summed E-state index contributed by atoms with van der Waals surface area (Å²) in [5.41, 5.74) is 1.82. The van der Waals surface area contributed by atoms with E-state index in [1.54, 1.807) is 26.8 Å². The Morgan fingerprint density at radius 1 is 1.31 bits per heavy atom. The molecule has 1 fully saturated rings. The first-order chi connectivity index (χ1) is 13.8. The van der Waals surface area contributed by atoms with Gasteiger partial charge in [0, 0.05) is 30.4 Å². The van der Waals surface area contributed by atoms with Gasteiger partial charge in [0.1, 0.15) is 24.1 Å². The number of alkyl halides is 1. The van der Waals surface area contributed by atoms with Gasteiger partial charge >= 0.3 is 0 Å². The zero-order valence-corrected chi connectivity index (χ0v) is 16.4. The number of aryl methyl sites for hydroxylation is 2. The average molecular weight is 402 g/mol. The topological polar surface area (TPSA) is 60.2 Å². The van der Waals surface area contributed by atoms with Gasteiger partial charge in [-0.1, -0.05) is 0 Å². The third-order valence-corrected chi connectivity index (χ3v) is 5.04. The van der Waals surface area contributed by atoms with Gasteiger partial charge in [0.2, 0.25) is 5.91 Å². The van der Waals surface area contributed by atoms with E-state index in [4.69, 9.17) is 0 Å². The molecule has 0 aliphatic carbocycles. The van der Waals surface area contributed by atoms with Gasteiger partial charge in [0.25, 0.3) is 0 Å². The molecule has 1 aliphatic heterocycles. The van der Waals surface area contributed by atoms with E-state index in [1.165, 1.54) is 15.9 Å². The maximum absolute atomic E-state index is 14.4. The third-order valence-electron chi connectivity index (χ3n) is 5.04. The summed E-state index contributed by atoms with van der Waals surface area (Å²) in [4.78, 5) is 20.4. The van der Waals surface area contributed by atoms with Crippen LogP contribution in [0.4, 0.5) is 24.7 Å². The molecule has 0 radical (unpaired) electrons. The molecule has 152 valence electrons. The first-order valence-corrected chi connectivity index (χ1v) is 9.32. The number of amides is 1. The number of hydrogen-bond donors (Lipinski definition) is 0. The summed E-state index contributed by atoms with van der Waals surface area (Å²) < 4.78 is 41.3. The van der Waals surface area contributed by atoms with Crippen molar-refractivity contribution in [3.05, 3.63) is 52.7 Å². The summed E-state index contributed by atoms with van der Waals surface area (Å²) in [5, 5.41) is 9.55. The number of aromatic nitrogens is 1. The molecular weight excluding hydrogens is 381 g/mol. The summed E-state index contributed by atoms with van der Waals surface area (Å²) in [6.07, 6.45) is -1.35. The Hall–Kier alpha value is -3.08. The zero-order valence-electron chi connectivity index (χ0n) is 16.4. The molecule has 1 aromatic heterocycles.